The smallest absolute Gasteiger partial charge is 0.325 e. The highest BCUT2D eigenvalue weighted by Crippen LogP contribution is 2.34. The Hall–Kier alpha value is -2.16. The summed E-state index contributed by atoms with van der Waals surface area (Å²) in [7, 11) is -3.51. The fourth-order valence-electron chi connectivity index (χ4n) is 4.16. The molecule has 3 heterocycles. The van der Waals surface area contributed by atoms with Gasteiger partial charge in [0.15, 0.2) is 0 Å². The minimum Gasteiger partial charge on any atom is -0.465 e. The molecule has 1 fully saturated rings. The monoisotopic (exact) mass is 446 g/mol. The molecule has 2 aromatic heterocycles. The molecule has 0 saturated carbocycles. The molecule has 0 bridgehead atoms. The summed E-state index contributed by atoms with van der Waals surface area (Å²) in [5, 5.41) is 2.00. The van der Waals surface area contributed by atoms with E-state index in [1.165, 1.54) is 0 Å². The molecular weight excluding hydrogens is 420 g/mol. The molecule has 160 valence electrons. The predicted octanol–water partition coefficient (Wildman–Crippen LogP) is 3.95. The molecular formula is C22H26N2O4S2. The number of hydrogen-bond acceptors (Lipinski definition) is 5. The highest BCUT2D eigenvalue weighted by atomic mass is 32.2. The highest BCUT2D eigenvalue weighted by molar-refractivity contribution is 7.89. The van der Waals surface area contributed by atoms with Gasteiger partial charge in [-0.25, -0.2) is 8.42 Å². The summed E-state index contributed by atoms with van der Waals surface area (Å²) in [5.74, 6) is -0.271. The summed E-state index contributed by atoms with van der Waals surface area (Å²) in [6.45, 7) is 5.45. The molecule has 0 unspecified atom stereocenters. The van der Waals surface area contributed by atoms with Gasteiger partial charge >= 0.3 is 5.97 Å². The molecule has 8 heteroatoms. The van der Waals surface area contributed by atoms with E-state index in [0.717, 1.165) is 39.9 Å². The molecule has 0 amide bonds. The van der Waals surface area contributed by atoms with E-state index in [1.54, 1.807) is 34.7 Å². The van der Waals surface area contributed by atoms with Gasteiger partial charge in [0.05, 0.1) is 21.7 Å². The van der Waals surface area contributed by atoms with Gasteiger partial charge in [-0.15, -0.1) is 11.3 Å². The SMILES string of the molecule is CCOC(=O)Cn1c(C)c(Cc2ccccc2S(=O)(=O)N2CCCC2)c2sccc21. The van der Waals surface area contributed by atoms with Crippen molar-refractivity contribution in [3.8, 4) is 0 Å². The van der Waals surface area contributed by atoms with Crippen molar-refractivity contribution in [1.29, 1.82) is 0 Å². The van der Waals surface area contributed by atoms with Gasteiger partial charge < -0.3 is 9.30 Å². The number of hydrogen-bond donors (Lipinski definition) is 0. The number of aromatic nitrogens is 1. The second-order valence-electron chi connectivity index (χ2n) is 7.49. The Bertz CT molecular complexity index is 1170. The zero-order chi connectivity index (χ0) is 21.3. The van der Waals surface area contributed by atoms with E-state index in [2.05, 4.69) is 0 Å². The number of sulfonamides is 1. The normalized spacial score (nSPS) is 15.1. The molecule has 0 atom stereocenters. The molecule has 0 N–H and O–H groups in total. The van der Waals surface area contributed by atoms with Gasteiger partial charge in [0, 0.05) is 25.2 Å². The Morgan fingerprint density at radius 2 is 1.90 bits per heavy atom. The average molecular weight is 447 g/mol. The van der Waals surface area contributed by atoms with E-state index in [1.807, 2.05) is 35.1 Å². The van der Waals surface area contributed by atoms with Gasteiger partial charge in [0.1, 0.15) is 6.54 Å². The van der Waals surface area contributed by atoms with Crippen LogP contribution in [0.5, 0.6) is 0 Å². The molecule has 30 heavy (non-hydrogen) atoms. The van der Waals surface area contributed by atoms with Crippen LogP contribution in [0.25, 0.3) is 10.2 Å². The summed E-state index contributed by atoms with van der Waals surface area (Å²) in [4.78, 5) is 12.5. The van der Waals surface area contributed by atoms with Gasteiger partial charge in [-0.3, -0.25) is 4.79 Å². The van der Waals surface area contributed by atoms with E-state index in [-0.39, 0.29) is 12.5 Å². The van der Waals surface area contributed by atoms with Gasteiger partial charge in [-0.1, -0.05) is 18.2 Å². The summed E-state index contributed by atoms with van der Waals surface area (Å²) in [6.07, 6.45) is 2.32. The lowest BCUT2D eigenvalue weighted by Gasteiger charge is -2.18. The van der Waals surface area contributed by atoms with Crippen molar-refractivity contribution in [2.24, 2.45) is 0 Å². The Morgan fingerprint density at radius 1 is 1.17 bits per heavy atom. The van der Waals surface area contributed by atoms with Crippen LogP contribution in [0.2, 0.25) is 0 Å². The van der Waals surface area contributed by atoms with E-state index in [9.17, 15) is 13.2 Å². The van der Waals surface area contributed by atoms with Crippen molar-refractivity contribution < 1.29 is 17.9 Å². The third kappa shape index (κ3) is 3.79. The van der Waals surface area contributed by atoms with E-state index in [0.29, 0.717) is 31.0 Å². The van der Waals surface area contributed by atoms with Gasteiger partial charge in [0.25, 0.3) is 0 Å². The zero-order valence-corrected chi connectivity index (χ0v) is 18.9. The van der Waals surface area contributed by atoms with Crippen LogP contribution in [0, 0.1) is 6.92 Å². The zero-order valence-electron chi connectivity index (χ0n) is 17.3. The van der Waals surface area contributed by atoms with Gasteiger partial charge in [-0.2, -0.15) is 4.31 Å². The third-order valence-electron chi connectivity index (χ3n) is 5.67. The maximum atomic E-state index is 13.2. The fourth-order valence-corrected chi connectivity index (χ4v) is 6.89. The topological polar surface area (TPSA) is 68.6 Å². The number of rotatable bonds is 7. The largest absolute Gasteiger partial charge is 0.465 e. The van der Waals surface area contributed by atoms with E-state index < -0.39 is 10.0 Å². The van der Waals surface area contributed by atoms with Crippen LogP contribution >= 0.6 is 11.3 Å². The van der Waals surface area contributed by atoms with Crippen molar-refractivity contribution >= 4 is 37.5 Å². The van der Waals surface area contributed by atoms with Crippen molar-refractivity contribution in [3.63, 3.8) is 0 Å². The number of benzene rings is 1. The molecule has 0 radical (unpaired) electrons. The van der Waals surface area contributed by atoms with Crippen LogP contribution in [0.4, 0.5) is 0 Å². The van der Waals surface area contributed by atoms with Crippen molar-refractivity contribution in [3.05, 3.63) is 52.5 Å². The number of thiophene rings is 1. The van der Waals surface area contributed by atoms with Crippen LogP contribution in [-0.2, 0) is 32.5 Å². The Morgan fingerprint density at radius 3 is 2.63 bits per heavy atom. The molecule has 3 aromatic rings. The maximum Gasteiger partial charge on any atom is 0.325 e. The number of carbonyl (C=O) groups excluding carboxylic acids is 1. The number of carbonyl (C=O) groups is 1. The lowest BCUT2D eigenvalue weighted by molar-refractivity contribution is -0.143. The lowest BCUT2D eigenvalue weighted by atomic mass is 10.1. The third-order valence-corrected chi connectivity index (χ3v) is 8.63. The number of esters is 1. The Kier molecular flexibility index (Phi) is 5.99. The first-order chi connectivity index (χ1) is 14.4. The second kappa shape index (κ2) is 8.53. The molecule has 1 aliphatic heterocycles. The van der Waals surface area contributed by atoms with Crippen molar-refractivity contribution in [2.45, 2.75) is 44.6 Å². The van der Waals surface area contributed by atoms with Crippen molar-refractivity contribution in [2.75, 3.05) is 19.7 Å². The molecule has 1 saturated heterocycles. The first-order valence-electron chi connectivity index (χ1n) is 10.2. The van der Waals surface area contributed by atoms with Crippen LogP contribution in [-0.4, -0.2) is 43.0 Å². The first-order valence-corrected chi connectivity index (χ1v) is 12.5. The van der Waals surface area contributed by atoms with Crippen LogP contribution in [0.15, 0.2) is 40.6 Å². The van der Waals surface area contributed by atoms with Crippen LogP contribution < -0.4 is 0 Å². The van der Waals surface area contributed by atoms with E-state index in [4.69, 9.17) is 4.74 Å². The minimum atomic E-state index is -3.51. The van der Waals surface area contributed by atoms with Crippen molar-refractivity contribution in [1.82, 2.24) is 8.87 Å². The quantitative estimate of drug-likeness (QED) is 0.516. The molecule has 1 aliphatic rings. The standard InChI is InChI=1S/C22H26N2O4S2/c1-3-28-21(25)15-24-16(2)18(22-19(24)10-13-29-22)14-17-8-4-5-9-20(17)30(26,27)23-11-6-7-12-23/h4-5,8-10,13H,3,6-7,11-12,14-15H2,1-2H3. The van der Waals surface area contributed by atoms with Gasteiger partial charge in [-0.05, 0) is 55.3 Å². The molecule has 6 nitrogen and oxygen atoms in total. The van der Waals surface area contributed by atoms with Crippen LogP contribution in [0.1, 0.15) is 36.6 Å². The van der Waals surface area contributed by atoms with Crippen LogP contribution in [0.3, 0.4) is 0 Å². The first kappa shape index (κ1) is 21.1. The minimum absolute atomic E-state index is 0.153. The Balaban J connectivity index is 1.73. The lowest BCUT2D eigenvalue weighted by Crippen LogP contribution is -2.28. The number of ether oxygens (including phenoxy) is 1. The average Bonchev–Trinajstić information content (AvgIpc) is 3.46. The molecule has 4 rings (SSSR count). The predicted molar refractivity (Wildman–Crippen MR) is 118 cm³/mol. The molecule has 0 spiro atoms. The number of fused-ring (bicyclic) bond motifs is 1. The van der Waals surface area contributed by atoms with Gasteiger partial charge in [0.2, 0.25) is 10.0 Å². The number of nitrogens with zero attached hydrogens (tertiary/aromatic N) is 2. The summed E-state index contributed by atoms with van der Waals surface area (Å²) in [5.41, 5.74) is 3.81. The van der Waals surface area contributed by atoms with E-state index >= 15 is 0 Å². The summed E-state index contributed by atoms with van der Waals surface area (Å²) in [6, 6.07) is 9.27. The highest BCUT2D eigenvalue weighted by Gasteiger charge is 2.29. The second-order valence-corrected chi connectivity index (χ2v) is 10.3. The summed E-state index contributed by atoms with van der Waals surface area (Å²) >= 11 is 1.61. The Labute approximate surface area is 181 Å². The summed E-state index contributed by atoms with van der Waals surface area (Å²) < 4.78 is 36.2. The molecule has 1 aromatic carbocycles. The molecule has 0 aliphatic carbocycles. The maximum absolute atomic E-state index is 13.2. The fraction of sp³-hybridized carbons (Fsp3) is 0.409.